The summed E-state index contributed by atoms with van der Waals surface area (Å²) < 4.78 is 1.47. The Labute approximate surface area is 118 Å². The average molecular weight is 282 g/mol. The van der Waals surface area contributed by atoms with E-state index in [4.69, 9.17) is 0 Å². The summed E-state index contributed by atoms with van der Waals surface area (Å²) in [5.74, 6) is -0.338. The summed E-state index contributed by atoms with van der Waals surface area (Å²) in [5, 5.41) is 13.5. The van der Waals surface area contributed by atoms with Crippen molar-refractivity contribution in [3.8, 4) is 0 Å². The molecule has 0 saturated carbocycles. The van der Waals surface area contributed by atoms with E-state index in [9.17, 15) is 9.59 Å². The van der Waals surface area contributed by atoms with E-state index in [2.05, 4.69) is 20.9 Å². The van der Waals surface area contributed by atoms with E-state index in [0.717, 1.165) is 12.1 Å². The lowest BCUT2D eigenvalue weighted by Crippen LogP contribution is -2.40. The van der Waals surface area contributed by atoms with Crippen LogP contribution in [0.4, 0.5) is 0 Å². The van der Waals surface area contributed by atoms with Crippen molar-refractivity contribution in [3.63, 3.8) is 0 Å². The zero-order chi connectivity index (χ0) is 15.0. The van der Waals surface area contributed by atoms with Gasteiger partial charge in [0.15, 0.2) is 0 Å². The number of nitrogens with one attached hydrogen (secondary N) is 2. The highest BCUT2D eigenvalue weighted by atomic mass is 16.2. The second kappa shape index (κ2) is 8.26. The Kier molecular flexibility index (Phi) is 6.65. The summed E-state index contributed by atoms with van der Waals surface area (Å²) in [7, 11) is 3.41. The summed E-state index contributed by atoms with van der Waals surface area (Å²) in [4.78, 5) is 24.8. The van der Waals surface area contributed by atoms with Gasteiger partial charge in [-0.2, -0.15) is 0 Å². The van der Waals surface area contributed by atoms with Crippen LogP contribution in [0, 0.1) is 0 Å². The summed E-state index contributed by atoms with van der Waals surface area (Å²) >= 11 is 0. The van der Waals surface area contributed by atoms with E-state index in [1.807, 2.05) is 14.0 Å². The third kappa shape index (κ3) is 5.35. The molecular weight excluding hydrogens is 260 g/mol. The monoisotopic (exact) mass is 282 g/mol. The standard InChI is InChI=1S/C12H22N6O2/c1-4-5-14-11(19)8-17(3)12(20)9-18-7-10(6-13-2)15-16-18/h7,13H,4-6,8-9H2,1-3H3,(H,14,19). The molecule has 0 aromatic carbocycles. The van der Waals surface area contributed by atoms with E-state index in [0.29, 0.717) is 13.1 Å². The van der Waals surface area contributed by atoms with Gasteiger partial charge in [0.05, 0.1) is 18.4 Å². The molecule has 0 aliphatic heterocycles. The van der Waals surface area contributed by atoms with Crippen molar-refractivity contribution < 1.29 is 9.59 Å². The largest absolute Gasteiger partial charge is 0.355 e. The van der Waals surface area contributed by atoms with Crippen LogP contribution in [0.2, 0.25) is 0 Å². The Bertz CT molecular complexity index is 445. The second-order valence-electron chi connectivity index (χ2n) is 4.54. The number of likely N-dealkylation sites (N-methyl/N-ethyl adjacent to an activating group) is 1. The number of nitrogens with zero attached hydrogens (tertiary/aromatic N) is 4. The van der Waals surface area contributed by atoms with Crippen LogP contribution in [-0.4, -0.2) is 58.9 Å². The first-order chi connectivity index (χ1) is 9.56. The van der Waals surface area contributed by atoms with Crippen molar-refractivity contribution in [3.05, 3.63) is 11.9 Å². The Hall–Kier alpha value is -1.96. The van der Waals surface area contributed by atoms with Crippen molar-refractivity contribution >= 4 is 11.8 Å². The molecule has 2 amide bonds. The van der Waals surface area contributed by atoms with Crippen LogP contribution in [0.5, 0.6) is 0 Å². The minimum Gasteiger partial charge on any atom is -0.355 e. The number of hydrogen-bond acceptors (Lipinski definition) is 5. The first kappa shape index (κ1) is 16.1. The Morgan fingerprint density at radius 2 is 2.20 bits per heavy atom. The van der Waals surface area contributed by atoms with Crippen LogP contribution in [-0.2, 0) is 22.7 Å². The zero-order valence-electron chi connectivity index (χ0n) is 12.2. The third-order valence-corrected chi connectivity index (χ3v) is 2.62. The highest BCUT2D eigenvalue weighted by Crippen LogP contribution is 1.95. The molecule has 20 heavy (non-hydrogen) atoms. The third-order valence-electron chi connectivity index (χ3n) is 2.62. The summed E-state index contributed by atoms with van der Waals surface area (Å²) in [5.41, 5.74) is 0.767. The molecule has 0 fully saturated rings. The van der Waals surface area contributed by atoms with Crippen LogP contribution in [0.1, 0.15) is 19.0 Å². The summed E-state index contributed by atoms with van der Waals surface area (Å²) in [6.07, 6.45) is 2.58. The minimum absolute atomic E-state index is 0.0525. The molecule has 1 aromatic heterocycles. The molecule has 0 atom stereocenters. The van der Waals surface area contributed by atoms with Crippen molar-refractivity contribution in [1.82, 2.24) is 30.5 Å². The molecule has 8 heteroatoms. The van der Waals surface area contributed by atoms with E-state index < -0.39 is 0 Å². The van der Waals surface area contributed by atoms with E-state index >= 15 is 0 Å². The Morgan fingerprint density at radius 3 is 2.85 bits per heavy atom. The molecule has 0 saturated heterocycles. The molecule has 8 nitrogen and oxygen atoms in total. The average Bonchev–Trinajstić information content (AvgIpc) is 2.84. The molecule has 1 heterocycles. The van der Waals surface area contributed by atoms with Crippen LogP contribution in [0.25, 0.3) is 0 Å². The first-order valence-corrected chi connectivity index (χ1v) is 6.61. The topological polar surface area (TPSA) is 92.2 Å². The van der Waals surface area contributed by atoms with Gasteiger partial charge in [0.1, 0.15) is 6.54 Å². The van der Waals surface area contributed by atoms with Gasteiger partial charge in [0.25, 0.3) is 0 Å². The van der Waals surface area contributed by atoms with Gasteiger partial charge in [-0.1, -0.05) is 12.1 Å². The molecular formula is C12H22N6O2. The molecule has 0 aliphatic carbocycles. The fourth-order valence-corrected chi connectivity index (χ4v) is 1.56. The number of amides is 2. The SMILES string of the molecule is CCCNC(=O)CN(C)C(=O)Cn1cc(CNC)nn1. The van der Waals surface area contributed by atoms with Crippen molar-refractivity contribution in [2.24, 2.45) is 0 Å². The van der Waals surface area contributed by atoms with Gasteiger partial charge in [-0.15, -0.1) is 5.10 Å². The van der Waals surface area contributed by atoms with Gasteiger partial charge < -0.3 is 15.5 Å². The van der Waals surface area contributed by atoms with Crippen molar-refractivity contribution in [2.45, 2.75) is 26.4 Å². The van der Waals surface area contributed by atoms with Gasteiger partial charge in [-0.05, 0) is 13.5 Å². The van der Waals surface area contributed by atoms with Gasteiger partial charge in [-0.25, -0.2) is 4.68 Å². The Balaban J connectivity index is 2.42. The van der Waals surface area contributed by atoms with E-state index in [1.165, 1.54) is 9.58 Å². The minimum atomic E-state index is -0.183. The summed E-state index contributed by atoms with van der Waals surface area (Å²) in [6.45, 7) is 3.33. The van der Waals surface area contributed by atoms with Gasteiger partial charge in [0.2, 0.25) is 11.8 Å². The highest BCUT2D eigenvalue weighted by molar-refractivity contribution is 5.84. The van der Waals surface area contributed by atoms with Crippen LogP contribution in [0.3, 0.4) is 0 Å². The maximum Gasteiger partial charge on any atom is 0.244 e. The van der Waals surface area contributed by atoms with E-state index in [-0.39, 0.29) is 24.9 Å². The van der Waals surface area contributed by atoms with Crippen molar-refractivity contribution in [2.75, 3.05) is 27.2 Å². The lowest BCUT2D eigenvalue weighted by molar-refractivity contribution is -0.135. The summed E-state index contributed by atoms with van der Waals surface area (Å²) in [6, 6.07) is 0. The van der Waals surface area contributed by atoms with Crippen LogP contribution >= 0.6 is 0 Å². The first-order valence-electron chi connectivity index (χ1n) is 6.61. The lowest BCUT2D eigenvalue weighted by Gasteiger charge is -2.16. The molecule has 1 rings (SSSR count). The maximum atomic E-state index is 11.9. The Morgan fingerprint density at radius 1 is 1.45 bits per heavy atom. The maximum absolute atomic E-state index is 11.9. The number of carbonyl (C=O) groups is 2. The molecule has 1 aromatic rings. The van der Waals surface area contributed by atoms with Crippen LogP contribution in [0.15, 0.2) is 6.20 Å². The molecule has 0 radical (unpaired) electrons. The number of rotatable bonds is 8. The zero-order valence-corrected chi connectivity index (χ0v) is 12.2. The number of carbonyl (C=O) groups excluding carboxylic acids is 2. The van der Waals surface area contributed by atoms with Gasteiger partial charge in [0, 0.05) is 20.1 Å². The van der Waals surface area contributed by atoms with Gasteiger partial charge in [-0.3, -0.25) is 9.59 Å². The predicted octanol–water partition coefficient (Wildman–Crippen LogP) is -1.02. The number of aromatic nitrogens is 3. The van der Waals surface area contributed by atoms with E-state index in [1.54, 1.807) is 13.2 Å². The molecule has 0 unspecified atom stereocenters. The smallest absolute Gasteiger partial charge is 0.244 e. The predicted molar refractivity (Wildman–Crippen MR) is 73.7 cm³/mol. The quantitative estimate of drug-likeness (QED) is 0.637. The molecule has 2 N–H and O–H groups in total. The van der Waals surface area contributed by atoms with Crippen molar-refractivity contribution in [1.29, 1.82) is 0 Å². The fraction of sp³-hybridized carbons (Fsp3) is 0.667. The fourth-order valence-electron chi connectivity index (χ4n) is 1.56. The van der Waals surface area contributed by atoms with Gasteiger partial charge >= 0.3 is 0 Å². The number of hydrogen-bond donors (Lipinski definition) is 2. The normalized spacial score (nSPS) is 10.3. The molecule has 0 spiro atoms. The molecule has 0 bridgehead atoms. The molecule has 112 valence electrons. The highest BCUT2D eigenvalue weighted by Gasteiger charge is 2.14. The lowest BCUT2D eigenvalue weighted by atomic mass is 10.4. The molecule has 0 aliphatic rings. The second-order valence-corrected chi connectivity index (χ2v) is 4.54. The van der Waals surface area contributed by atoms with Crippen LogP contribution < -0.4 is 10.6 Å².